The van der Waals surface area contributed by atoms with Gasteiger partial charge in [-0.3, -0.25) is 0 Å². The first-order valence-corrected chi connectivity index (χ1v) is 5.14. The summed E-state index contributed by atoms with van der Waals surface area (Å²) in [6.07, 6.45) is 0.472. The largest absolute Gasteiger partial charge is 0.376 e. The molecule has 82 valence electrons. The Labute approximate surface area is 84.5 Å². The van der Waals surface area contributed by atoms with Gasteiger partial charge in [0.05, 0.1) is 19.3 Å². The van der Waals surface area contributed by atoms with Crippen molar-refractivity contribution in [1.29, 1.82) is 0 Å². The van der Waals surface area contributed by atoms with Gasteiger partial charge in [-0.2, -0.15) is 0 Å². The van der Waals surface area contributed by atoms with Crippen molar-refractivity contribution < 1.29 is 18.9 Å². The lowest BCUT2D eigenvalue weighted by molar-refractivity contribution is -0.0629. The maximum absolute atomic E-state index is 5.71. The normalized spacial score (nSPS) is 42.0. The highest BCUT2D eigenvalue weighted by Crippen LogP contribution is 2.30. The van der Waals surface area contributed by atoms with Crippen LogP contribution in [-0.4, -0.2) is 50.8 Å². The first-order valence-electron chi connectivity index (χ1n) is 5.14. The van der Waals surface area contributed by atoms with Gasteiger partial charge in [0.1, 0.15) is 24.4 Å². The lowest BCUT2D eigenvalue weighted by Crippen LogP contribution is -2.34. The van der Waals surface area contributed by atoms with Gasteiger partial charge in [-0.15, -0.1) is 0 Å². The van der Waals surface area contributed by atoms with Crippen molar-refractivity contribution >= 4 is 0 Å². The van der Waals surface area contributed by atoms with Crippen molar-refractivity contribution in [3.63, 3.8) is 0 Å². The average Bonchev–Trinajstić information content (AvgIpc) is 2.67. The Kier molecular flexibility index (Phi) is 3.07. The van der Waals surface area contributed by atoms with Crippen molar-refractivity contribution in [1.82, 2.24) is 0 Å². The summed E-state index contributed by atoms with van der Waals surface area (Å²) in [7, 11) is 1.69. The van der Waals surface area contributed by atoms with Gasteiger partial charge in [-0.05, 0) is 13.8 Å². The highest BCUT2D eigenvalue weighted by atomic mass is 16.6. The lowest BCUT2D eigenvalue weighted by Gasteiger charge is -2.18. The summed E-state index contributed by atoms with van der Waals surface area (Å²) in [5.74, 6) is 0. The lowest BCUT2D eigenvalue weighted by atomic mass is 10.1. The standard InChI is InChI=1S/C10H18O4/c1-6(2)14-8-5-13-9-7(11-3)4-12-10(8)9/h6-10H,4-5H2,1-3H3/t7?,8?,9-,10-/m0/s1. The van der Waals surface area contributed by atoms with Crippen molar-refractivity contribution in [3.05, 3.63) is 0 Å². The predicted octanol–water partition coefficient (Wildman–Crippen LogP) is 0.593. The van der Waals surface area contributed by atoms with Crippen molar-refractivity contribution in [3.8, 4) is 0 Å². The summed E-state index contributed by atoms with van der Waals surface area (Å²) in [6, 6.07) is 0. The molecule has 2 unspecified atom stereocenters. The molecule has 4 heteroatoms. The van der Waals surface area contributed by atoms with E-state index in [9.17, 15) is 0 Å². The molecule has 2 heterocycles. The Morgan fingerprint density at radius 2 is 1.64 bits per heavy atom. The predicted molar refractivity (Wildman–Crippen MR) is 50.3 cm³/mol. The minimum atomic E-state index is 0.0577. The van der Waals surface area contributed by atoms with Crippen molar-refractivity contribution in [2.75, 3.05) is 20.3 Å². The molecule has 2 rings (SSSR count). The fourth-order valence-electron chi connectivity index (χ4n) is 2.10. The Bertz CT molecular complexity index is 195. The van der Waals surface area contributed by atoms with E-state index in [-0.39, 0.29) is 30.5 Å². The second kappa shape index (κ2) is 4.14. The maximum Gasteiger partial charge on any atom is 0.115 e. The molecule has 0 aliphatic carbocycles. The van der Waals surface area contributed by atoms with Crippen LogP contribution in [-0.2, 0) is 18.9 Å². The number of hydrogen-bond acceptors (Lipinski definition) is 4. The molecule has 4 atom stereocenters. The molecular weight excluding hydrogens is 184 g/mol. The van der Waals surface area contributed by atoms with Crippen LogP contribution in [0.15, 0.2) is 0 Å². The molecule has 4 nitrogen and oxygen atoms in total. The third-order valence-electron chi connectivity index (χ3n) is 2.71. The zero-order valence-corrected chi connectivity index (χ0v) is 8.93. The maximum atomic E-state index is 5.71. The average molecular weight is 202 g/mol. The van der Waals surface area contributed by atoms with E-state index in [1.807, 2.05) is 13.8 Å². The van der Waals surface area contributed by atoms with E-state index in [4.69, 9.17) is 18.9 Å². The van der Waals surface area contributed by atoms with Gasteiger partial charge < -0.3 is 18.9 Å². The molecule has 2 aliphatic rings. The van der Waals surface area contributed by atoms with E-state index in [1.165, 1.54) is 0 Å². The SMILES string of the molecule is COC1CO[C@H]2C(OC(C)C)CO[C@@H]12. The van der Waals surface area contributed by atoms with E-state index in [1.54, 1.807) is 7.11 Å². The molecular formula is C10H18O4. The quantitative estimate of drug-likeness (QED) is 0.671. The number of fused-ring (bicyclic) bond motifs is 1. The number of hydrogen-bond donors (Lipinski definition) is 0. The van der Waals surface area contributed by atoms with E-state index < -0.39 is 0 Å². The topological polar surface area (TPSA) is 36.9 Å². The van der Waals surface area contributed by atoms with Crippen LogP contribution < -0.4 is 0 Å². The minimum Gasteiger partial charge on any atom is -0.376 e. The van der Waals surface area contributed by atoms with Crippen LogP contribution in [0.5, 0.6) is 0 Å². The molecule has 2 aliphatic heterocycles. The molecule has 0 radical (unpaired) electrons. The monoisotopic (exact) mass is 202 g/mol. The van der Waals surface area contributed by atoms with Gasteiger partial charge in [-0.25, -0.2) is 0 Å². The molecule has 2 fully saturated rings. The zero-order chi connectivity index (χ0) is 10.1. The minimum absolute atomic E-state index is 0.0577. The second-order valence-electron chi connectivity index (χ2n) is 4.09. The third kappa shape index (κ3) is 1.80. The van der Waals surface area contributed by atoms with Crippen LogP contribution in [0.2, 0.25) is 0 Å². The molecule has 14 heavy (non-hydrogen) atoms. The highest BCUT2D eigenvalue weighted by molar-refractivity contribution is 4.95. The van der Waals surface area contributed by atoms with Gasteiger partial charge >= 0.3 is 0 Å². The van der Waals surface area contributed by atoms with Gasteiger partial charge in [0.15, 0.2) is 0 Å². The van der Waals surface area contributed by atoms with E-state index >= 15 is 0 Å². The number of ether oxygens (including phenoxy) is 4. The third-order valence-corrected chi connectivity index (χ3v) is 2.71. The van der Waals surface area contributed by atoms with Crippen LogP contribution in [0.25, 0.3) is 0 Å². The summed E-state index contributed by atoms with van der Waals surface area (Å²) in [4.78, 5) is 0. The molecule has 0 aromatic heterocycles. The van der Waals surface area contributed by atoms with Crippen LogP contribution in [0, 0.1) is 0 Å². The summed E-state index contributed by atoms with van der Waals surface area (Å²) in [5.41, 5.74) is 0. The molecule has 0 spiro atoms. The Morgan fingerprint density at radius 1 is 1.07 bits per heavy atom. The number of rotatable bonds is 3. The summed E-state index contributed by atoms with van der Waals surface area (Å²) in [5, 5.41) is 0. The first-order chi connectivity index (χ1) is 6.72. The van der Waals surface area contributed by atoms with Gasteiger partial charge in [-0.1, -0.05) is 0 Å². The molecule has 0 aromatic rings. The Morgan fingerprint density at radius 3 is 2.21 bits per heavy atom. The van der Waals surface area contributed by atoms with E-state index in [0.717, 1.165) is 0 Å². The van der Waals surface area contributed by atoms with Gasteiger partial charge in [0.2, 0.25) is 0 Å². The zero-order valence-electron chi connectivity index (χ0n) is 8.93. The fraction of sp³-hybridized carbons (Fsp3) is 1.00. The van der Waals surface area contributed by atoms with Crippen molar-refractivity contribution in [2.45, 2.75) is 44.4 Å². The highest BCUT2D eigenvalue weighted by Gasteiger charge is 2.48. The summed E-state index contributed by atoms with van der Waals surface area (Å²) >= 11 is 0. The van der Waals surface area contributed by atoms with E-state index in [2.05, 4.69) is 0 Å². The van der Waals surface area contributed by atoms with E-state index in [0.29, 0.717) is 13.2 Å². The Hall–Kier alpha value is -0.160. The van der Waals surface area contributed by atoms with Crippen LogP contribution >= 0.6 is 0 Å². The molecule has 2 saturated heterocycles. The molecule has 0 saturated carbocycles. The molecule has 0 amide bonds. The molecule has 0 bridgehead atoms. The fourth-order valence-corrected chi connectivity index (χ4v) is 2.10. The first kappa shape index (κ1) is 10.4. The number of methoxy groups -OCH3 is 1. The van der Waals surface area contributed by atoms with Gasteiger partial charge in [0.25, 0.3) is 0 Å². The van der Waals surface area contributed by atoms with Crippen LogP contribution in [0.4, 0.5) is 0 Å². The second-order valence-corrected chi connectivity index (χ2v) is 4.09. The Balaban J connectivity index is 1.94. The van der Waals surface area contributed by atoms with Crippen molar-refractivity contribution in [2.24, 2.45) is 0 Å². The summed E-state index contributed by atoms with van der Waals surface area (Å²) < 4.78 is 22.2. The summed E-state index contributed by atoms with van der Waals surface area (Å²) in [6.45, 7) is 5.28. The van der Waals surface area contributed by atoms with Gasteiger partial charge in [0, 0.05) is 7.11 Å². The molecule has 0 N–H and O–H groups in total. The van der Waals surface area contributed by atoms with Crippen LogP contribution in [0.1, 0.15) is 13.8 Å². The van der Waals surface area contributed by atoms with Crippen LogP contribution in [0.3, 0.4) is 0 Å². The molecule has 0 aromatic carbocycles. The smallest absolute Gasteiger partial charge is 0.115 e.